The zero-order chi connectivity index (χ0) is 16.5. The normalized spacial score (nSPS) is 11.5. The van der Waals surface area contributed by atoms with Crippen LogP contribution in [0.4, 0.5) is 0 Å². The zero-order valence-electron chi connectivity index (χ0n) is 12.9. The average molecular weight is 324 g/mol. The SMILES string of the molecule is CCOC(=O)c1n[nH]nc1-c1cc(C(C)(C)C)cc(Cl)c1O. The number of nitrogens with one attached hydrogen (secondary N) is 1. The number of halogens is 1. The topological polar surface area (TPSA) is 88.1 Å². The van der Waals surface area contributed by atoms with E-state index in [1.54, 1.807) is 19.1 Å². The maximum Gasteiger partial charge on any atom is 0.361 e. The van der Waals surface area contributed by atoms with Crippen LogP contribution in [0.3, 0.4) is 0 Å². The van der Waals surface area contributed by atoms with Crippen molar-refractivity contribution in [3.8, 4) is 17.0 Å². The predicted molar refractivity (Wildman–Crippen MR) is 83.2 cm³/mol. The number of carbonyl (C=O) groups is 1. The molecule has 0 bridgehead atoms. The first-order chi connectivity index (χ1) is 10.3. The molecule has 0 saturated carbocycles. The summed E-state index contributed by atoms with van der Waals surface area (Å²) in [5.74, 6) is -0.753. The number of ether oxygens (including phenoxy) is 1. The van der Waals surface area contributed by atoms with Crippen LogP contribution in [0.1, 0.15) is 43.7 Å². The minimum absolute atomic E-state index is 0.0132. The van der Waals surface area contributed by atoms with E-state index < -0.39 is 5.97 Å². The number of aromatic nitrogens is 3. The van der Waals surface area contributed by atoms with Crippen LogP contribution in [0.15, 0.2) is 12.1 Å². The number of benzene rings is 1. The van der Waals surface area contributed by atoms with Gasteiger partial charge in [-0.15, -0.1) is 5.10 Å². The lowest BCUT2D eigenvalue weighted by atomic mass is 9.85. The van der Waals surface area contributed by atoms with E-state index in [0.29, 0.717) is 5.56 Å². The van der Waals surface area contributed by atoms with Crippen LogP contribution in [0, 0.1) is 0 Å². The maximum absolute atomic E-state index is 11.9. The van der Waals surface area contributed by atoms with E-state index in [2.05, 4.69) is 15.4 Å². The van der Waals surface area contributed by atoms with Crippen molar-refractivity contribution < 1.29 is 14.6 Å². The molecule has 2 rings (SSSR count). The van der Waals surface area contributed by atoms with Gasteiger partial charge in [0, 0.05) is 5.56 Å². The summed E-state index contributed by atoms with van der Waals surface area (Å²) >= 11 is 6.11. The molecule has 22 heavy (non-hydrogen) atoms. The van der Waals surface area contributed by atoms with Crippen molar-refractivity contribution in [3.63, 3.8) is 0 Å². The second kappa shape index (κ2) is 5.96. The third-order valence-corrected chi connectivity index (χ3v) is 3.49. The molecule has 118 valence electrons. The van der Waals surface area contributed by atoms with Crippen LogP contribution in [0.5, 0.6) is 5.75 Å². The number of esters is 1. The third-order valence-electron chi connectivity index (χ3n) is 3.20. The van der Waals surface area contributed by atoms with Gasteiger partial charge in [0.05, 0.1) is 11.6 Å². The highest BCUT2D eigenvalue weighted by atomic mass is 35.5. The maximum atomic E-state index is 11.9. The minimum atomic E-state index is -0.608. The summed E-state index contributed by atoms with van der Waals surface area (Å²) in [5, 5.41) is 20.6. The average Bonchev–Trinajstić information content (AvgIpc) is 2.90. The molecule has 0 spiro atoms. The molecule has 1 aromatic heterocycles. The number of phenols is 1. The van der Waals surface area contributed by atoms with Gasteiger partial charge >= 0.3 is 5.97 Å². The highest BCUT2D eigenvalue weighted by Crippen LogP contribution is 2.39. The minimum Gasteiger partial charge on any atom is -0.506 e. The Morgan fingerprint density at radius 1 is 1.36 bits per heavy atom. The molecule has 7 heteroatoms. The second-order valence-electron chi connectivity index (χ2n) is 5.85. The van der Waals surface area contributed by atoms with Crippen molar-refractivity contribution in [2.24, 2.45) is 0 Å². The fourth-order valence-electron chi connectivity index (χ4n) is 1.97. The summed E-state index contributed by atoms with van der Waals surface area (Å²) in [6, 6.07) is 3.45. The smallest absolute Gasteiger partial charge is 0.361 e. The van der Waals surface area contributed by atoms with Crippen LogP contribution in [-0.4, -0.2) is 33.1 Å². The lowest BCUT2D eigenvalue weighted by Crippen LogP contribution is -2.11. The molecule has 0 aliphatic heterocycles. The molecule has 0 aliphatic rings. The van der Waals surface area contributed by atoms with E-state index in [-0.39, 0.29) is 34.2 Å². The Morgan fingerprint density at radius 3 is 2.64 bits per heavy atom. The summed E-state index contributed by atoms with van der Waals surface area (Å²) in [6.07, 6.45) is 0. The number of H-pyrrole nitrogens is 1. The first-order valence-electron chi connectivity index (χ1n) is 6.87. The van der Waals surface area contributed by atoms with Crippen LogP contribution >= 0.6 is 11.6 Å². The Hall–Kier alpha value is -2.08. The number of nitrogens with zero attached hydrogens (tertiary/aromatic N) is 2. The number of hydrogen-bond acceptors (Lipinski definition) is 5. The monoisotopic (exact) mass is 323 g/mol. The lowest BCUT2D eigenvalue weighted by Gasteiger charge is -2.21. The Morgan fingerprint density at radius 2 is 2.05 bits per heavy atom. The second-order valence-corrected chi connectivity index (χ2v) is 6.25. The highest BCUT2D eigenvalue weighted by molar-refractivity contribution is 6.32. The summed E-state index contributed by atoms with van der Waals surface area (Å²) in [4.78, 5) is 11.9. The molecule has 0 unspecified atom stereocenters. The molecule has 1 heterocycles. The number of aromatic amines is 1. The zero-order valence-corrected chi connectivity index (χ0v) is 13.7. The van der Waals surface area contributed by atoms with E-state index in [1.165, 1.54) is 0 Å². The standard InChI is InChI=1S/C15H18ClN3O3/c1-5-22-14(21)12-11(17-19-18-12)9-6-8(15(2,3)4)7-10(16)13(9)20/h6-7,20H,5H2,1-4H3,(H,17,18,19). The van der Waals surface area contributed by atoms with Gasteiger partial charge in [-0.25, -0.2) is 4.79 Å². The Labute approximate surface area is 133 Å². The van der Waals surface area contributed by atoms with E-state index >= 15 is 0 Å². The van der Waals surface area contributed by atoms with Crippen LogP contribution in [0.2, 0.25) is 5.02 Å². The molecule has 0 fully saturated rings. The van der Waals surface area contributed by atoms with Gasteiger partial charge in [0.1, 0.15) is 11.4 Å². The van der Waals surface area contributed by atoms with Crippen LogP contribution < -0.4 is 0 Å². The van der Waals surface area contributed by atoms with Gasteiger partial charge in [-0.2, -0.15) is 10.3 Å². The van der Waals surface area contributed by atoms with Crippen molar-refractivity contribution in [1.29, 1.82) is 0 Å². The summed E-state index contributed by atoms with van der Waals surface area (Å²) < 4.78 is 4.94. The Bertz CT molecular complexity index is 705. The third kappa shape index (κ3) is 3.06. The first-order valence-corrected chi connectivity index (χ1v) is 7.24. The van der Waals surface area contributed by atoms with E-state index in [1.807, 2.05) is 20.8 Å². The fraction of sp³-hybridized carbons (Fsp3) is 0.400. The molecule has 0 amide bonds. The van der Waals surface area contributed by atoms with Crippen molar-refractivity contribution >= 4 is 17.6 Å². The lowest BCUT2D eigenvalue weighted by molar-refractivity contribution is 0.0520. The Balaban J connectivity index is 2.61. The number of phenolic OH excluding ortho intramolecular Hbond substituents is 1. The van der Waals surface area contributed by atoms with Crippen molar-refractivity contribution in [2.75, 3.05) is 6.61 Å². The van der Waals surface area contributed by atoms with Gasteiger partial charge in [0.2, 0.25) is 0 Å². The molecule has 1 aromatic carbocycles. The molecule has 0 saturated heterocycles. The van der Waals surface area contributed by atoms with E-state index in [4.69, 9.17) is 16.3 Å². The molecule has 6 nitrogen and oxygen atoms in total. The highest BCUT2D eigenvalue weighted by Gasteiger charge is 2.25. The van der Waals surface area contributed by atoms with Gasteiger partial charge in [0.25, 0.3) is 0 Å². The van der Waals surface area contributed by atoms with Gasteiger partial charge < -0.3 is 9.84 Å². The number of hydrogen-bond donors (Lipinski definition) is 2. The molecule has 2 N–H and O–H groups in total. The number of carbonyl (C=O) groups excluding carboxylic acids is 1. The van der Waals surface area contributed by atoms with Crippen molar-refractivity contribution in [1.82, 2.24) is 15.4 Å². The first kappa shape index (κ1) is 16.3. The van der Waals surface area contributed by atoms with Crippen molar-refractivity contribution in [2.45, 2.75) is 33.1 Å². The van der Waals surface area contributed by atoms with Gasteiger partial charge in [0.15, 0.2) is 5.69 Å². The largest absolute Gasteiger partial charge is 0.506 e. The fourth-order valence-corrected chi connectivity index (χ4v) is 2.19. The van der Waals surface area contributed by atoms with Gasteiger partial charge in [-0.3, -0.25) is 0 Å². The number of aromatic hydroxyl groups is 1. The van der Waals surface area contributed by atoms with Gasteiger partial charge in [-0.1, -0.05) is 32.4 Å². The van der Waals surface area contributed by atoms with E-state index in [9.17, 15) is 9.90 Å². The molecule has 2 aromatic rings. The Kier molecular flexibility index (Phi) is 4.42. The molecular weight excluding hydrogens is 306 g/mol. The summed E-state index contributed by atoms with van der Waals surface area (Å²) in [6.45, 7) is 7.99. The number of rotatable bonds is 3. The van der Waals surface area contributed by atoms with Crippen LogP contribution in [-0.2, 0) is 10.2 Å². The van der Waals surface area contributed by atoms with E-state index in [0.717, 1.165) is 5.56 Å². The predicted octanol–water partition coefficient (Wildman–Crippen LogP) is 3.30. The summed E-state index contributed by atoms with van der Waals surface area (Å²) in [7, 11) is 0. The quantitative estimate of drug-likeness (QED) is 0.846. The van der Waals surface area contributed by atoms with Gasteiger partial charge in [-0.05, 0) is 30.0 Å². The molecule has 0 aliphatic carbocycles. The van der Waals surface area contributed by atoms with Crippen molar-refractivity contribution in [3.05, 3.63) is 28.4 Å². The summed E-state index contributed by atoms with van der Waals surface area (Å²) in [5.41, 5.74) is 1.29. The molecular formula is C15H18ClN3O3. The molecule has 0 radical (unpaired) electrons. The molecule has 0 atom stereocenters. The van der Waals surface area contributed by atoms with Crippen LogP contribution in [0.25, 0.3) is 11.3 Å².